The molecule has 29 heavy (non-hydrogen) atoms. The van der Waals surface area contributed by atoms with Crippen LogP contribution in [0.2, 0.25) is 0 Å². The van der Waals surface area contributed by atoms with E-state index < -0.39 is 10.2 Å². The summed E-state index contributed by atoms with van der Waals surface area (Å²) in [5.74, 6) is 0.790. The molecule has 0 N–H and O–H groups in total. The zero-order chi connectivity index (χ0) is 20.6. The van der Waals surface area contributed by atoms with Crippen LogP contribution in [0.1, 0.15) is 5.82 Å². The summed E-state index contributed by atoms with van der Waals surface area (Å²) in [6, 6.07) is 18.8. The molecule has 0 aliphatic rings. The fraction of sp³-hybridized carbons (Fsp3) is 0.182. The summed E-state index contributed by atoms with van der Waals surface area (Å²) in [4.78, 5) is 9.76. The zero-order valence-electron chi connectivity index (χ0n) is 16.5. The Morgan fingerprint density at radius 1 is 1.03 bits per heavy atom. The molecule has 0 radical (unpaired) electrons. The van der Waals surface area contributed by atoms with E-state index in [9.17, 15) is 8.76 Å². The predicted molar refractivity (Wildman–Crippen MR) is 113 cm³/mol. The van der Waals surface area contributed by atoms with Crippen molar-refractivity contribution >= 4 is 21.4 Å². The van der Waals surface area contributed by atoms with Gasteiger partial charge in [-0.25, -0.2) is 9.97 Å². The summed E-state index contributed by atoms with van der Waals surface area (Å²) in [6.45, 7) is 0.395. The van der Waals surface area contributed by atoms with Gasteiger partial charge < -0.3 is 13.9 Å². The van der Waals surface area contributed by atoms with Gasteiger partial charge in [0.2, 0.25) is 0 Å². The van der Waals surface area contributed by atoms with Crippen LogP contribution in [0, 0.1) is 0 Å². The summed E-state index contributed by atoms with van der Waals surface area (Å²) >= 11 is 0. The molecule has 0 bridgehead atoms. The fourth-order valence-corrected chi connectivity index (χ4v) is 3.96. The van der Waals surface area contributed by atoms with Crippen molar-refractivity contribution in [2.24, 2.45) is 7.05 Å². The van der Waals surface area contributed by atoms with Crippen LogP contribution in [-0.2, 0) is 32.8 Å². The Labute approximate surface area is 170 Å². The molecule has 1 unspecified atom stereocenters. The van der Waals surface area contributed by atoms with Crippen molar-refractivity contribution < 1.29 is 13.5 Å². The van der Waals surface area contributed by atoms with Gasteiger partial charge in [0.25, 0.3) is 0 Å². The second-order valence-corrected chi connectivity index (χ2v) is 8.93. The minimum atomic E-state index is -3.25. The minimum Gasteiger partial charge on any atom is -0.610 e. The average Bonchev–Trinajstić information content (AvgIpc) is 3.02. The van der Waals surface area contributed by atoms with Gasteiger partial charge in [0, 0.05) is 25.3 Å². The van der Waals surface area contributed by atoms with E-state index in [-0.39, 0.29) is 0 Å². The van der Waals surface area contributed by atoms with Crippen LogP contribution in [-0.4, -0.2) is 32.5 Å². The van der Waals surface area contributed by atoms with Crippen molar-refractivity contribution in [3.8, 4) is 22.4 Å². The van der Waals surface area contributed by atoms with E-state index in [4.69, 9.17) is 9.72 Å². The van der Waals surface area contributed by atoms with E-state index in [1.807, 2.05) is 60.1 Å². The number of methoxy groups -OCH3 is 1. The number of rotatable bonds is 5. The molecule has 148 valence electrons. The summed E-state index contributed by atoms with van der Waals surface area (Å²) in [5.41, 5.74) is 5.10. The first-order chi connectivity index (χ1) is 13.9. The van der Waals surface area contributed by atoms with Crippen molar-refractivity contribution in [2.75, 3.05) is 13.4 Å². The maximum Gasteiger partial charge on any atom is 0.178 e. The number of ether oxygens (including phenoxy) is 1. The summed E-state index contributed by atoms with van der Waals surface area (Å²) in [7, 11) is 0.318. The number of aryl methyl sites for hydroxylation is 1. The maximum absolute atomic E-state index is 11.8. The number of benzene rings is 2. The SMILES string of the molecule is COCc1nc2nc(-c3ccccc3)c(-c3ccc([S+](C)(=O)[O-])cc3)cc2n1C. The molecule has 4 aromatic rings. The Morgan fingerprint density at radius 2 is 1.72 bits per heavy atom. The first-order valence-corrected chi connectivity index (χ1v) is 11.0. The molecule has 1 atom stereocenters. The molecule has 6 nitrogen and oxygen atoms in total. The lowest BCUT2D eigenvalue weighted by molar-refractivity contribution is 0.176. The molecule has 2 heterocycles. The lowest BCUT2D eigenvalue weighted by Gasteiger charge is -2.12. The van der Waals surface area contributed by atoms with Crippen LogP contribution in [0.5, 0.6) is 0 Å². The molecule has 0 aliphatic carbocycles. The Morgan fingerprint density at radius 3 is 2.34 bits per heavy atom. The molecule has 0 aliphatic heterocycles. The predicted octanol–water partition coefficient (Wildman–Crippen LogP) is 4.07. The smallest absolute Gasteiger partial charge is 0.178 e. The first kappa shape index (κ1) is 19.4. The van der Waals surface area contributed by atoms with Gasteiger partial charge >= 0.3 is 0 Å². The van der Waals surface area contributed by atoms with E-state index >= 15 is 0 Å². The minimum absolute atomic E-state index is 0.291. The number of hydrogen-bond acceptors (Lipinski definition) is 5. The van der Waals surface area contributed by atoms with Gasteiger partial charge in [-0.1, -0.05) is 30.3 Å². The first-order valence-electron chi connectivity index (χ1n) is 9.09. The maximum atomic E-state index is 11.8. The Hall–Kier alpha value is -2.87. The van der Waals surface area contributed by atoms with E-state index in [1.165, 1.54) is 6.26 Å². The van der Waals surface area contributed by atoms with Gasteiger partial charge in [-0.05, 0) is 35.9 Å². The Balaban J connectivity index is 1.95. The zero-order valence-corrected chi connectivity index (χ0v) is 17.3. The number of imidazole rings is 1. The van der Waals surface area contributed by atoms with Gasteiger partial charge in [0.05, 0.1) is 21.4 Å². The Kier molecular flexibility index (Phi) is 5.04. The number of nitrogens with zero attached hydrogens (tertiary/aromatic N) is 3. The largest absolute Gasteiger partial charge is 0.610 e. The molecule has 0 amide bonds. The van der Waals surface area contributed by atoms with Gasteiger partial charge in [-0.3, -0.25) is 0 Å². The van der Waals surface area contributed by atoms with Crippen LogP contribution in [0.25, 0.3) is 33.5 Å². The van der Waals surface area contributed by atoms with E-state index in [1.54, 1.807) is 19.2 Å². The number of hydrogen-bond donors (Lipinski definition) is 0. The Bertz CT molecular complexity index is 1210. The molecule has 7 heteroatoms. The van der Waals surface area contributed by atoms with Gasteiger partial charge in [0.1, 0.15) is 18.7 Å². The van der Waals surface area contributed by atoms with Crippen molar-refractivity contribution in [3.63, 3.8) is 0 Å². The third-order valence-electron chi connectivity index (χ3n) is 4.88. The molecule has 0 saturated heterocycles. The van der Waals surface area contributed by atoms with E-state index in [0.717, 1.165) is 33.7 Å². The van der Waals surface area contributed by atoms with Crippen LogP contribution in [0.15, 0.2) is 65.6 Å². The molecule has 0 fully saturated rings. The molecular weight excluding hydrogens is 386 g/mol. The highest BCUT2D eigenvalue weighted by Gasteiger charge is 2.17. The fourth-order valence-electron chi connectivity index (χ4n) is 3.33. The van der Waals surface area contributed by atoms with E-state index in [2.05, 4.69) is 4.98 Å². The highest BCUT2D eigenvalue weighted by molar-refractivity contribution is 7.97. The van der Waals surface area contributed by atoms with Crippen molar-refractivity contribution in [3.05, 3.63) is 66.5 Å². The quantitative estimate of drug-likeness (QED) is 0.466. The molecular formula is C22H21N3O3S. The molecule has 4 rings (SSSR count). The van der Waals surface area contributed by atoms with Crippen molar-refractivity contribution in [1.82, 2.24) is 14.5 Å². The summed E-state index contributed by atoms with van der Waals surface area (Å²) in [5, 5.41) is 0. The number of aromatic nitrogens is 3. The standard InChI is InChI=1S/C22H21N3O3S/c1-25-19-13-18(15-9-11-17(12-10-15)29(3,26)27)21(16-7-5-4-6-8-16)24-22(19)23-20(25)14-28-2/h4-13H,14H2,1-3H3. The molecule has 2 aromatic carbocycles. The normalized spacial score (nSPS) is 13.5. The summed E-state index contributed by atoms with van der Waals surface area (Å²) in [6.07, 6.45) is 1.21. The molecule has 0 spiro atoms. The van der Waals surface area contributed by atoms with E-state index in [0.29, 0.717) is 17.1 Å². The monoisotopic (exact) mass is 407 g/mol. The summed E-state index contributed by atoms with van der Waals surface area (Å²) < 4.78 is 30.8. The number of fused-ring (bicyclic) bond motifs is 1. The third kappa shape index (κ3) is 3.72. The van der Waals surface area contributed by atoms with Gasteiger partial charge in [-0.15, -0.1) is 4.21 Å². The third-order valence-corrected chi connectivity index (χ3v) is 6.01. The second-order valence-electron chi connectivity index (χ2n) is 6.91. The van der Waals surface area contributed by atoms with Crippen molar-refractivity contribution in [2.45, 2.75) is 11.5 Å². The van der Waals surface area contributed by atoms with Crippen LogP contribution in [0.3, 0.4) is 0 Å². The van der Waals surface area contributed by atoms with Crippen LogP contribution in [0.4, 0.5) is 0 Å². The molecule has 2 aromatic heterocycles. The van der Waals surface area contributed by atoms with Gasteiger partial charge in [-0.2, -0.15) is 0 Å². The number of sulfone groups is 1. The van der Waals surface area contributed by atoms with Crippen molar-refractivity contribution in [1.29, 1.82) is 0 Å². The van der Waals surface area contributed by atoms with Crippen LogP contribution < -0.4 is 0 Å². The highest BCUT2D eigenvalue weighted by Crippen LogP contribution is 2.34. The topological polar surface area (TPSA) is 80.1 Å². The second kappa shape index (κ2) is 7.51. The highest BCUT2D eigenvalue weighted by atomic mass is 32.3. The molecule has 0 saturated carbocycles. The lowest BCUT2D eigenvalue weighted by atomic mass is 9.99. The van der Waals surface area contributed by atoms with Gasteiger partial charge in [0.15, 0.2) is 10.5 Å². The lowest BCUT2D eigenvalue weighted by Crippen LogP contribution is -2.06. The van der Waals surface area contributed by atoms with Crippen LogP contribution >= 0.6 is 0 Å². The number of pyridine rings is 1. The average molecular weight is 407 g/mol.